The van der Waals surface area contributed by atoms with Gasteiger partial charge in [-0.3, -0.25) is 9.78 Å². The molecule has 0 radical (unpaired) electrons. The first-order valence-corrected chi connectivity index (χ1v) is 10.1. The van der Waals surface area contributed by atoms with E-state index < -0.39 is 0 Å². The van der Waals surface area contributed by atoms with E-state index in [0.717, 1.165) is 32.9 Å². The summed E-state index contributed by atoms with van der Waals surface area (Å²) in [6.07, 6.45) is 5.39. The molecule has 0 bridgehead atoms. The lowest BCUT2D eigenvalue weighted by atomic mass is 10.0. The molecule has 5 heteroatoms. The molecule has 0 atom stereocenters. The van der Waals surface area contributed by atoms with Gasteiger partial charge in [-0.05, 0) is 35.0 Å². The molecule has 0 aliphatic carbocycles. The predicted molar refractivity (Wildman–Crippen MR) is 121 cm³/mol. The number of benzene rings is 3. The molecule has 5 nitrogen and oxygen atoms in total. The van der Waals surface area contributed by atoms with Gasteiger partial charge in [0.2, 0.25) is 5.91 Å². The first-order chi connectivity index (χ1) is 15.3. The smallest absolute Gasteiger partial charge is 0.228 e. The molecule has 0 saturated heterocycles. The minimum Gasteiger partial charge on any atom is -0.489 e. The van der Waals surface area contributed by atoms with Gasteiger partial charge in [0.25, 0.3) is 0 Å². The van der Waals surface area contributed by atoms with E-state index in [1.54, 1.807) is 18.7 Å². The van der Waals surface area contributed by atoms with E-state index in [1.165, 1.54) is 0 Å². The molecule has 31 heavy (non-hydrogen) atoms. The van der Waals surface area contributed by atoms with E-state index in [0.29, 0.717) is 18.0 Å². The molecule has 1 N–H and O–H groups in total. The first-order valence-electron chi connectivity index (χ1n) is 10.1. The zero-order valence-electron chi connectivity index (χ0n) is 16.7. The summed E-state index contributed by atoms with van der Waals surface area (Å²) in [5.74, 6) is 0.571. The predicted octanol–water partition coefficient (Wildman–Crippen LogP) is 5.74. The molecule has 2 aromatic heterocycles. The maximum atomic E-state index is 12.7. The van der Waals surface area contributed by atoms with Crippen LogP contribution in [0.4, 0.5) is 5.69 Å². The number of nitrogens with one attached hydrogen (secondary N) is 1. The van der Waals surface area contributed by atoms with Crippen LogP contribution in [-0.4, -0.2) is 10.9 Å². The molecule has 2 heterocycles. The normalized spacial score (nSPS) is 11.0. The van der Waals surface area contributed by atoms with E-state index in [-0.39, 0.29) is 12.3 Å². The third-order valence-corrected chi connectivity index (χ3v) is 5.14. The zero-order chi connectivity index (χ0) is 21.0. The maximum absolute atomic E-state index is 12.7. The molecule has 5 aromatic rings. The average Bonchev–Trinajstić information content (AvgIpc) is 3.22. The summed E-state index contributed by atoms with van der Waals surface area (Å²) in [6.45, 7) is 0.416. The van der Waals surface area contributed by atoms with Crippen molar-refractivity contribution in [3.8, 4) is 5.75 Å². The van der Waals surface area contributed by atoms with Gasteiger partial charge in [0, 0.05) is 40.7 Å². The van der Waals surface area contributed by atoms with Crippen LogP contribution in [0.25, 0.3) is 21.7 Å². The molecule has 0 spiro atoms. The fraction of sp³-hybridized carbons (Fsp3) is 0.0769. The quantitative estimate of drug-likeness (QED) is 0.389. The average molecular weight is 408 g/mol. The van der Waals surface area contributed by atoms with Gasteiger partial charge in [-0.2, -0.15) is 0 Å². The van der Waals surface area contributed by atoms with Crippen LogP contribution < -0.4 is 10.1 Å². The number of nitrogens with zero attached hydrogens (tertiary/aromatic N) is 1. The van der Waals surface area contributed by atoms with Gasteiger partial charge in [0.1, 0.15) is 17.9 Å². The molecular weight excluding hydrogens is 388 g/mol. The Morgan fingerprint density at radius 1 is 1.00 bits per heavy atom. The third kappa shape index (κ3) is 4.12. The van der Waals surface area contributed by atoms with Crippen molar-refractivity contribution < 1.29 is 13.9 Å². The highest BCUT2D eigenvalue weighted by Gasteiger charge is 2.13. The summed E-state index contributed by atoms with van der Waals surface area (Å²) in [5.41, 5.74) is 3.32. The van der Waals surface area contributed by atoms with E-state index in [9.17, 15) is 4.79 Å². The summed E-state index contributed by atoms with van der Waals surface area (Å²) in [7, 11) is 0. The van der Waals surface area contributed by atoms with Crippen LogP contribution in [0.5, 0.6) is 5.75 Å². The first kappa shape index (κ1) is 18.9. The summed E-state index contributed by atoms with van der Waals surface area (Å²) < 4.78 is 11.5. The van der Waals surface area contributed by atoms with Gasteiger partial charge in [-0.1, -0.05) is 42.5 Å². The minimum atomic E-state index is -0.111. The van der Waals surface area contributed by atoms with Gasteiger partial charge in [-0.15, -0.1) is 0 Å². The van der Waals surface area contributed by atoms with Crippen molar-refractivity contribution in [2.75, 3.05) is 5.32 Å². The van der Waals surface area contributed by atoms with E-state index in [4.69, 9.17) is 9.15 Å². The number of pyridine rings is 1. The minimum absolute atomic E-state index is 0.111. The molecular formula is C26H20N2O3. The number of carbonyl (C=O) groups excluding carboxylic acids is 1. The van der Waals surface area contributed by atoms with Crippen molar-refractivity contribution in [3.63, 3.8) is 0 Å². The molecule has 0 saturated carbocycles. The van der Waals surface area contributed by atoms with Crippen molar-refractivity contribution >= 4 is 33.3 Å². The summed E-state index contributed by atoms with van der Waals surface area (Å²) in [6, 6.07) is 23.3. The molecule has 3 aromatic carbocycles. The highest BCUT2D eigenvalue weighted by atomic mass is 16.5. The number of furan rings is 1. The Balaban J connectivity index is 1.30. The van der Waals surface area contributed by atoms with Gasteiger partial charge >= 0.3 is 0 Å². The van der Waals surface area contributed by atoms with E-state index >= 15 is 0 Å². The molecule has 1 amide bonds. The van der Waals surface area contributed by atoms with Crippen molar-refractivity contribution in [3.05, 3.63) is 103 Å². The van der Waals surface area contributed by atoms with Crippen molar-refractivity contribution in [2.24, 2.45) is 0 Å². The third-order valence-electron chi connectivity index (χ3n) is 5.14. The second kappa shape index (κ2) is 8.32. The highest BCUT2D eigenvalue weighted by molar-refractivity contribution is 6.09. The Morgan fingerprint density at radius 3 is 2.84 bits per heavy atom. The molecule has 0 aliphatic rings. The Bertz CT molecular complexity index is 1360. The van der Waals surface area contributed by atoms with Crippen LogP contribution in [-0.2, 0) is 17.8 Å². The second-order valence-electron chi connectivity index (χ2n) is 7.32. The van der Waals surface area contributed by atoms with Crippen LogP contribution in [0.15, 0.2) is 95.9 Å². The monoisotopic (exact) mass is 408 g/mol. The fourth-order valence-electron chi connectivity index (χ4n) is 3.70. The van der Waals surface area contributed by atoms with E-state index in [2.05, 4.69) is 22.4 Å². The Morgan fingerprint density at radius 2 is 1.94 bits per heavy atom. The number of hydrogen-bond acceptors (Lipinski definition) is 4. The lowest BCUT2D eigenvalue weighted by molar-refractivity contribution is -0.115. The summed E-state index contributed by atoms with van der Waals surface area (Å²) in [5, 5.41) is 6.15. The van der Waals surface area contributed by atoms with Crippen molar-refractivity contribution in [2.45, 2.75) is 13.0 Å². The van der Waals surface area contributed by atoms with Crippen LogP contribution in [0.3, 0.4) is 0 Å². The van der Waals surface area contributed by atoms with E-state index in [1.807, 2.05) is 60.7 Å². The molecule has 152 valence electrons. The lowest BCUT2D eigenvalue weighted by Crippen LogP contribution is -2.14. The lowest BCUT2D eigenvalue weighted by Gasteiger charge is -2.09. The van der Waals surface area contributed by atoms with Crippen molar-refractivity contribution in [1.29, 1.82) is 0 Å². The largest absolute Gasteiger partial charge is 0.489 e. The van der Waals surface area contributed by atoms with Gasteiger partial charge in [0.15, 0.2) is 0 Å². The van der Waals surface area contributed by atoms with Crippen LogP contribution in [0.1, 0.15) is 11.1 Å². The molecule has 0 fully saturated rings. The number of rotatable bonds is 6. The number of aromatic nitrogens is 1. The summed E-state index contributed by atoms with van der Waals surface area (Å²) in [4.78, 5) is 16.8. The number of fused-ring (bicyclic) bond motifs is 3. The number of hydrogen-bond donors (Lipinski definition) is 1. The van der Waals surface area contributed by atoms with Crippen LogP contribution in [0.2, 0.25) is 0 Å². The SMILES string of the molecule is O=C(Cc1coc2ccc3ccccc3c12)Nc1cccc(OCc2cccnc2)c1. The summed E-state index contributed by atoms with van der Waals surface area (Å²) >= 11 is 0. The van der Waals surface area contributed by atoms with Crippen LogP contribution in [0, 0.1) is 0 Å². The Labute approximate surface area is 179 Å². The zero-order valence-corrected chi connectivity index (χ0v) is 16.7. The number of amides is 1. The molecule has 0 aliphatic heterocycles. The Kier molecular flexibility index (Phi) is 5.07. The number of anilines is 1. The van der Waals surface area contributed by atoms with Gasteiger partial charge < -0.3 is 14.5 Å². The standard InChI is InChI=1S/C26H20N2O3/c29-25(13-20-17-31-24-11-10-19-6-1-2-9-23(19)26(20)24)28-21-7-3-8-22(14-21)30-16-18-5-4-12-27-15-18/h1-12,14-15,17H,13,16H2,(H,28,29). The Hall–Kier alpha value is -4.12. The number of ether oxygens (including phenoxy) is 1. The fourth-order valence-corrected chi connectivity index (χ4v) is 3.70. The van der Waals surface area contributed by atoms with Gasteiger partial charge in [-0.25, -0.2) is 0 Å². The molecule has 5 rings (SSSR count). The topological polar surface area (TPSA) is 64.4 Å². The number of carbonyl (C=O) groups is 1. The van der Waals surface area contributed by atoms with Crippen molar-refractivity contribution in [1.82, 2.24) is 4.98 Å². The van der Waals surface area contributed by atoms with Crippen LogP contribution >= 0.6 is 0 Å². The molecule has 0 unspecified atom stereocenters. The van der Waals surface area contributed by atoms with Gasteiger partial charge in [0.05, 0.1) is 12.7 Å². The second-order valence-corrected chi connectivity index (χ2v) is 7.32. The highest BCUT2D eigenvalue weighted by Crippen LogP contribution is 2.30. The maximum Gasteiger partial charge on any atom is 0.228 e.